The molecule has 0 aliphatic carbocycles. The second-order valence-electron chi connectivity index (χ2n) is 7.37. The summed E-state index contributed by atoms with van der Waals surface area (Å²) >= 11 is 0. The number of aryl methyl sites for hydroxylation is 1. The minimum atomic E-state index is 0.0788. The van der Waals surface area contributed by atoms with Crippen molar-refractivity contribution >= 4 is 16.8 Å². The molecule has 1 aromatic carbocycles. The number of benzene rings is 1. The molecular formula is C20H25N3O2. The minimum absolute atomic E-state index is 0.0788. The Labute approximate surface area is 148 Å². The maximum Gasteiger partial charge on any atom is 0.254 e. The average molecular weight is 339 g/mol. The Kier molecular flexibility index (Phi) is 4.12. The predicted molar refractivity (Wildman–Crippen MR) is 98.1 cm³/mol. The predicted octanol–water partition coefficient (Wildman–Crippen LogP) is 2.91. The van der Waals surface area contributed by atoms with Gasteiger partial charge in [-0.1, -0.05) is 0 Å². The Balaban J connectivity index is 1.69. The summed E-state index contributed by atoms with van der Waals surface area (Å²) in [6.45, 7) is 1.94. The normalized spacial score (nSPS) is 25.2. The van der Waals surface area contributed by atoms with Gasteiger partial charge in [0.2, 0.25) is 0 Å². The lowest BCUT2D eigenvalue weighted by Crippen LogP contribution is -2.48. The number of nitrogens with zero attached hydrogens (tertiary/aromatic N) is 2. The number of rotatable bonds is 3. The van der Waals surface area contributed by atoms with Crippen molar-refractivity contribution in [3.8, 4) is 5.75 Å². The molecule has 0 spiro atoms. The summed E-state index contributed by atoms with van der Waals surface area (Å²) in [6, 6.07) is 9.05. The summed E-state index contributed by atoms with van der Waals surface area (Å²) in [4.78, 5) is 19.8. The summed E-state index contributed by atoms with van der Waals surface area (Å²) in [5.41, 5.74) is 2.41. The van der Waals surface area contributed by atoms with E-state index in [4.69, 9.17) is 4.74 Å². The summed E-state index contributed by atoms with van der Waals surface area (Å²) in [7, 11) is 3.58. The Morgan fingerprint density at radius 1 is 1.24 bits per heavy atom. The van der Waals surface area contributed by atoms with E-state index in [1.165, 1.54) is 12.8 Å². The van der Waals surface area contributed by atoms with E-state index >= 15 is 0 Å². The largest absolute Gasteiger partial charge is 0.497 e. The van der Waals surface area contributed by atoms with E-state index in [0.29, 0.717) is 18.1 Å². The van der Waals surface area contributed by atoms with Crippen LogP contribution in [-0.2, 0) is 0 Å². The van der Waals surface area contributed by atoms with Crippen LogP contribution in [-0.4, -0.2) is 48.1 Å². The molecular weight excluding hydrogens is 314 g/mol. The zero-order valence-electron chi connectivity index (χ0n) is 15.1. The molecule has 5 heteroatoms. The maximum atomic E-state index is 13.3. The lowest BCUT2D eigenvalue weighted by atomic mass is 9.97. The number of amides is 1. The van der Waals surface area contributed by atoms with Crippen molar-refractivity contribution in [2.24, 2.45) is 0 Å². The standard InChI is InChI=1S/C20H25N3O2/c1-12-8-18(17-11-16(25-3)6-7-19(17)21-12)20(24)23(2)15-9-13-4-5-14(10-15)22-13/h6-8,11,13-15,22H,4-5,9-10H2,1-3H3. The summed E-state index contributed by atoms with van der Waals surface area (Å²) < 4.78 is 5.34. The van der Waals surface area contributed by atoms with Gasteiger partial charge >= 0.3 is 0 Å². The van der Waals surface area contributed by atoms with Gasteiger partial charge in [0.1, 0.15) is 5.75 Å². The van der Waals surface area contributed by atoms with Crippen LogP contribution in [0.15, 0.2) is 24.3 Å². The molecule has 1 N–H and O–H groups in total. The lowest BCUT2D eigenvalue weighted by Gasteiger charge is -2.35. The quantitative estimate of drug-likeness (QED) is 0.934. The highest BCUT2D eigenvalue weighted by Gasteiger charge is 2.36. The third kappa shape index (κ3) is 2.97. The monoisotopic (exact) mass is 339 g/mol. The second-order valence-corrected chi connectivity index (χ2v) is 7.37. The maximum absolute atomic E-state index is 13.3. The van der Waals surface area contributed by atoms with E-state index in [1.807, 2.05) is 43.1 Å². The molecule has 4 rings (SSSR count). The van der Waals surface area contributed by atoms with Crippen molar-refractivity contribution < 1.29 is 9.53 Å². The van der Waals surface area contributed by atoms with Crippen LogP contribution >= 0.6 is 0 Å². The van der Waals surface area contributed by atoms with Crippen molar-refractivity contribution in [2.45, 2.75) is 50.7 Å². The van der Waals surface area contributed by atoms with Gasteiger partial charge in [-0.05, 0) is 56.9 Å². The second kappa shape index (κ2) is 6.30. The molecule has 2 atom stereocenters. The minimum Gasteiger partial charge on any atom is -0.497 e. The van der Waals surface area contributed by atoms with Crippen molar-refractivity contribution in [3.05, 3.63) is 35.5 Å². The number of aromatic nitrogens is 1. The van der Waals surface area contributed by atoms with Gasteiger partial charge in [-0.25, -0.2) is 0 Å². The number of carbonyl (C=O) groups excluding carboxylic acids is 1. The molecule has 0 radical (unpaired) electrons. The number of methoxy groups -OCH3 is 1. The van der Waals surface area contributed by atoms with Gasteiger partial charge < -0.3 is 15.0 Å². The first-order valence-corrected chi connectivity index (χ1v) is 9.03. The molecule has 2 aliphatic rings. The van der Waals surface area contributed by atoms with Gasteiger partial charge in [-0.2, -0.15) is 0 Å². The zero-order valence-corrected chi connectivity index (χ0v) is 15.1. The van der Waals surface area contributed by atoms with Crippen LogP contribution in [0.5, 0.6) is 5.75 Å². The van der Waals surface area contributed by atoms with Crippen molar-refractivity contribution in [3.63, 3.8) is 0 Å². The first-order valence-electron chi connectivity index (χ1n) is 9.03. The van der Waals surface area contributed by atoms with Crippen LogP contribution in [0.3, 0.4) is 0 Å². The molecule has 2 unspecified atom stereocenters. The molecule has 3 heterocycles. The smallest absolute Gasteiger partial charge is 0.254 e. The van der Waals surface area contributed by atoms with E-state index < -0.39 is 0 Å². The van der Waals surface area contributed by atoms with Crippen LogP contribution in [0, 0.1) is 6.92 Å². The Hall–Kier alpha value is -2.14. The van der Waals surface area contributed by atoms with Crippen LogP contribution < -0.4 is 10.1 Å². The summed E-state index contributed by atoms with van der Waals surface area (Å²) in [6.07, 6.45) is 4.56. The molecule has 1 aromatic heterocycles. The number of piperidine rings is 1. The third-order valence-corrected chi connectivity index (χ3v) is 5.69. The highest BCUT2D eigenvalue weighted by atomic mass is 16.5. The van der Waals surface area contributed by atoms with Gasteiger partial charge in [-0.15, -0.1) is 0 Å². The molecule has 2 aliphatic heterocycles. The van der Waals surface area contributed by atoms with Gasteiger partial charge in [-0.3, -0.25) is 9.78 Å². The SMILES string of the molecule is COc1ccc2nc(C)cc(C(=O)N(C)C3CC4CCC(C3)N4)c2c1. The number of nitrogens with one attached hydrogen (secondary N) is 1. The highest BCUT2D eigenvalue weighted by Crippen LogP contribution is 2.31. The van der Waals surface area contributed by atoms with Crippen LogP contribution in [0.4, 0.5) is 0 Å². The molecule has 2 fully saturated rings. The van der Waals surface area contributed by atoms with Crippen molar-refractivity contribution in [1.29, 1.82) is 0 Å². The van der Waals surface area contributed by atoms with E-state index in [2.05, 4.69) is 10.3 Å². The molecule has 2 aromatic rings. The van der Waals surface area contributed by atoms with Gasteiger partial charge in [0.05, 0.1) is 18.2 Å². The number of fused-ring (bicyclic) bond motifs is 3. The Morgan fingerprint density at radius 2 is 1.96 bits per heavy atom. The van der Waals surface area contributed by atoms with Crippen LogP contribution in [0.2, 0.25) is 0 Å². The molecule has 2 bridgehead atoms. The Bertz CT molecular complexity index is 808. The van der Waals surface area contributed by atoms with Crippen molar-refractivity contribution in [1.82, 2.24) is 15.2 Å². The van der Waals surface area contributed by atoms with Crippen molar-refractivity contribution in [2.75, 3.05) is 14.2 Å². The van der Waals surface area contributed by atoms with E-state index in [0.717, 1.165) is 40.8 Å². The third-order valence-electron chi connectivity index (χ3n) is 5.69. The summed E-state index contributed by atoms with van der Waals surface area (Å²) in [5.74, 6) is 0.824. The fraction of sp³-hybridized carbons (Fsp3) is 0.500. The number of pyridine rings is 1. The molecule has 1 amide bonds. The van der Waals surface area contributed by atoms with E-state index in [-0.39, 0.29) is 5.91 Å². The number of hydrogen-bond donors (Lipinski definition) is 1. The van der Waals surface area contributed by atoms with E-state index in [9.17, 15) is 4.79 Å². The molecule has 2 saturated heterocycles. The fourth-order valence-electron chi connectivity index (χ4n) is 4.34. The lowest BCUT2D eigenvalue weighted by molar-refractivity contribution is 0.0683. The van der Waals surface area contributed by atoms with Crippen LogP contribution in [0.1, 0.15) is 41.7 Å². The molecule has 25 heavy (non-hydrogen) atoms. The van der Waals surface area contributed by atoms with Gasteiger partial charge in [0, 0.05) is 36.3 Å². The summed E-state index contributed by atoms with van der Waals surface area (Å²) in [5, 5.41) is 4.50. The molecule has 132 valence electrons. The first kappa shape index (κ1) is 16.3. The van der Waals surface area contributed by atoms with E-state index in [1.54, 1.807) is 7.11 Å². The first-order chi connectivity index (χ1) is 12.0. The highest BCUT2D eigenvalue weighted by molar-refractivity contribution is 6.06. The number of carbonyl (C=O) groups is 1. The number of hydrogen-bond acceptors (Lipinski definition) is 4. The average Bonchev–Trinajstić information content (AvgIpc) is 2.97. The zero-order chi connectivity index (χ0) is 17.6. The van der Waals surface area contributed by atoms with Crippen LogP contribution in [0.25, 0.3) is 10.9 Å². The fourth-order valence-corrected chi connectivity index (χ4v) is 4.34. The van der Waals surface area contributed by atoms with Gasteiger partial charge in [0.15, 0.2) is 0 Å². The number of ether oxygens (including phenoxy) is 1. The topological polar surface area (TPSA) is 54.5 Å². The van der Waals surface area contributed by atoms with Gasteiger partial charge in [0.25, 0.3) is 5.91 Å². The Morgan fingerprint density at radius 3 is 2.64 bits per heavy atom. The molecule has 0 saturated carbocycles. The molecule has 5 nitrogen and oxygen atoms in total.